The molecule has 3 nitrogen and oxygen atoms in total. The zero-order valence-corrected chi connectivity index (χ0v) is 11.9. The third-order valence-corrected chi connectivity index (χ3v) is 2.99. The van der Waals surface area contributed by atoms with Crippen molar-refractivity contribution in [2.75, 3.05) is 6.61 Å². The van der Waals surface area contributed by atoms with Crippen LogP contribution in [0, 0.1) is 5.82 Å². The third kappa shape index (κ3) is 4.70. The summed E-state index contributed by atoms with van der Waals surface area (Å²) in [7, 11) is 0. The first-order chi connectivity index (χ1) is 10.9. The first-order valence-corrected chi connectivity index (χ1v) is 6.67. The molecule has 2 aromatic rings. The van der Waals surface area contributed by atoms with Crippen LogP contribution in [0.25, 0.3) is 0 Å². The van der Waals surface area contributed by atoms with E-state index in [0.717, 1.165) is 6.07 Å². The molecule has 0 atom stereocenters. The van der Waals surface area contributed by atoms with E-state index in [1.54, 1.807) is 0 Å². The van der Waals surface area contributed by atoms with Gasteiger partial charge in [-0.3, -0.25) is 4.79 Å². The van der Waals surface area contributed by atoms with Crippen LogP contribution in [-0.2, 0) is 17.5 Å². The Labute approximate surface area is 129 Å². The van der Waals surface area contributed by atoms with Crippen molar-refractivity contribution in [2.24, 2.45) is 0 Å². The molecule has 0 aliphatic carbocycles. The van der Waals surface area contributed by atoms with E-state index in [2.05, 4.69) is 5.32 Å². The van der Waals surface area contributed by atoms with Crippen LogP contribution in [0.3, 0.4) is 0 Å². The van der Waals surface area contributed by atoms with Gasteiger partial charge in [-0.05, 0) is 23.8 Å². The lowest BCUT2D eigenvalue weighted by atomic mass is 10.1. The average Bonchev–Trinajstić information content (AvgIpc) is 2.51. The van der Waals surface area contributed by atoms with E-state index in [1.807, 2.05) is 0 Å². The van der Waals surface area contributed by atoms with Crippen LogP contribution in [0.2, 0.25) is 0 Å². The number of ether oxygens (including phenoxy) is 1. The molecule has 23 heavy (non-hydrogen) atoms. The standard InChI is InChI=1S/C16H13F4NO2/c17-13-7-3-4-8-14(13)23-10-15(22)21-9-11-5-1-2-6-12(11)16(18,19)20/h1-8H,9-10H2,(H,21,22). The quantitative estimate of drug-likeness (QED) is 0.853. The van der Waals surface area contributed by atoms with Gasteiger partial charge >= 0.3 is 6.18 Å². The zero-order valence-electron chi connectivity index (χ0n) is 11.9. The highest BCUT2D eigenvalue weighted by Gasteiger charge is 2.32. The van der Waals surface area contributed by atoms with Crippen LogP contribution in [0.15, 0.2) is 48.5 Å². The molecule has 0 heterocycles. The Morgan fingerprint density at radius 3 is 2.39 bits per heavy atom. The van der Waals surface area contributed by atoms with Gasteiger partial charge in [0.15, 0.2) is 18.2 Å². The van der Waals surface area contributed by atoms with Crippen molar-refractivity contribution >= 4 is 5.91 Å². The maximum absolute atomic E-state index is 13.3. The Morgan fingerprint density at radius 2 is 1.70 bits per heavy atom. The van der Waals surface area contributed by atoms with E-state index in [0.29, 0.717) is 0 Å². The van der Waals surface area contributed by atoms with Crippen molar-refractivity contribution in [3.63, 3.8) is 0 Å². The molecule has 0 spiro atoms. The van der Waals surface area contributed by atoms with Crippen molar-refractivity contribution in [1.82, 2.24) is 5.32 Å². The summed E-state index contributed by atoms with van der Waals surface area (Å²) in [6, 6.07) is 10.5. The van der Waals surface area contributed by atoms with Gasteiger partial charge in [0.1, 0.15) is 0 Å². The van der Waals surface area contributed by atoms with Crippen molar-refractivity contribution < 1.29 is 27.1 Å². The molecule has 0 bridgehead atoms. The molecular weight excluding hydrogens is 314 g/mol. The molecule has 122 valence electrons. The number of carbonyl (C=O) groups excluding carboxylic acids is 1. The van der Waals surface area contributed by atoms with E-state index in [9.17, 15) is 22.4 Å². The minimum Gasteiger partial charge on any atom is -0.481 e. The normalized spacial score (nSPS) is 11.1. The smallest absolute Gasteiger partial charge is 0.416 e. The van der Waals surface area contributed by atoms with E-state index >= 15 is 0 Å². The molecule has 0 saturated carbocycles. The number of amides is 1. The van der Waals surface area contributed by atoms with Crippen molar-refractivity contribution in [3.8, 4) is 5.75 Å². The fraction of sp³-hybridized carbons (Fsp3) is 0.188. The summed E-state index contributed by atoms with van der Waals surface area (Å²) in [5.41, 5.74) is -0.866. The van der Waals surface area contributed by atoms with Gasteiger partial charge in [-0.15, -0.1) is 0 Å². The van der Waals surface area contributed by atoms with Gasteiger partial charge < -0.3 is 10.1 Å². The molecule has 2 aromatic carbocycles. The van der Waals surface area contributed by atoms with Crippen LogP contribution in [-0.4, -0.2) is 12.5 Å². The number of rotatable bonds is 5. The Kier molecular flexibility index (Phi) is 5.20. The molecule has 0 aliphatic heterocycles. The summed E-state index contributed by atoms with van der Waals surface area (Å²) in [5.74, 6) is -1.37. The zero-order chi connectivity index (χ0) is 16.9. The topological polar surface area (TPSA) is 38.3 Å². The fourth-order valence-electron chi connectivity index (χ4n) is 1.90. The lowest BCUT2D eigenvalue weighted by Crippen LogP contribution is -2.29. The van der Waals surface area contributed by atoms with Crippen molar-refractivity contribution in [2.45, 2.75) is 12.7 Å². The monoisotopic (exact) mass is 327 g/mol. The predicted octanol–water partition coefficient (Wildman–Crippen LogP) is 3.54. The summed E-state index contributed by atoms with van der Waals surface area (Å²) in [6.07, 6.45) is -4.50. The second-order valence-corrected chi connectivity index (χ2v) is 4.65. The Morgan fingerprint density at radius 1 is 1.04 bits per heavy atom. The van der Waals surface area contributed by atoms with E-state index in [1.165, 1.54) is 42.5 Å². The second-order valence-electron chi connectivity index (χ2n) is 4.65. The first-order valence-electron chi connectivity index (χ1n) is 6.67. The van der Waals surface area contributed by atoms with Crippen molar-refractivity contribution in [1.29, 1.82) is 0 Å². The molecule has 0 radical (unpaired) electrons. The minimum atomic E-state index is -4.50. The Bertz CT molecular complexity index is 686. The third-order valence-electron chi connectivity index (χ3n) is 2.99. The summed E-state index contributed by atoms with van der Waals surface area (Å²) in [5, 5.41) is 2.31. The van der Waals surface area contributed by atoms with Crippen LogP contribution in [0.4, 0.5) is 17.6 Å². The number of hydrogen-bond donors (Lipinski definition) is 1. The molecule has 0 saturated heterocycles. The van der Waals surface area contributed by atoms with Gasteiger partial charge in [-0.2, -0.15) is 13.2 Å². The largest absolute Gasteiger partial charge is 0.481 e. The molecule has 0 aliphatic rings. The second kappa shape index (κ2) is 7.13. The number of benzene rings is 2. The lowest BCUT2D eigenvalue weighted by Gasteiger charge is -2.13. The van der Waals surface area contributed by atoms with Crippen LogP contribution >= 0.6 is 0 Å². The summed E-state index contributed by atoms with van der Waals surface area (Å²) in [4.78, 5) is 11.6. The molecule has 1 amide bonds. The summed E-state index contributed by atoms with van der Waals surface area (Å²) >= 11 is 0. The Balaban J connectivity index is 1.92. The molecule has 2 rings (SSSR count). The molecule has 7 heteroatoms. The fourth-order valence-corrected chi connectivity index (χ4v) is 1.90. The van der Waals surface area contributed by atoms with Gasteiger partial charge in [0, 0.05) is 6.54 Å². The number of nitrogens with one attached hydrogen (secondary N) is 1. The van der Waals surface area contributed by atoms with Crippen LogP contribution in [0.1, 0.15) is 11.1 Å². The number of carbonyl (C=O) groups is 1. The van der Waals surface area contributed by atoms with Crippen LogP contribution < -0.4 is 10.1 Å². The van der Waals surface area contributed by atoms with Gasteiger partial charge in [-0.1, -0.05) is 30.3 Å². The molecule has 1 N–H and O–H groups in total. The summed E-state index contributed by atoms with van der Waals surface area (Å²) in [6.45, 7) is -0.787. The van der Waals surface area contributed by atoms with E-state index in [4.69, 9.17) is 4.74 Å². The maximum atomic E-state index is 13.3. The molecular formula is C16H13F4NO2. The minimum absolute atomic E-state index is 0.0563. The lowest BCUT2D eigenvalue weighted by molar-refractivity contribution is -0.138. The van der Waals surface area contributed by atoms with Gasteiger partial charge in [-0.25, -0.2) is 4.39 Å². The van der Waals surface area contributed by atoms with E-state index < -0.39 is 30.1 Å². The number of alkyl halides is 3. The average molecular weight is 327 g/mol. The highest BCUT2D eigenvalue weighted by atomic mass is 19.4. The SMILES string of the molecule is O=C(COc1ccccc1F)NCc1ccccc1C(F)(F)F. The summed E-state index contributed by atoms with van der Waals surface area (Å²) < 4.78 is 56.7. The van der Waals surface area contributed by atoms with Gasteiger partial charge in [0.05, 0.1) is 5.56 Å². The van der Waals surface area contributed by atoms with Gasteiger partial charge in [0.2, 0.25) is 0 Å². The number of para-hydroxylation sites is 1. The maximum Gasteiger partial charge on any atom is 0.416 e. The number of halogens is 4. The van der Waals surface area contributed by atoms with E-state index in [-0.39, 0.29) is 17.9 Å². The predicted molar refractivity (Wildman–Crippen MR) is 75.2 cm³/mol. The van der Waals surface area contributed by atoms with Crippen molar-refractivity contribution in [3.05, 3.63) is 65.5 Å². The molecule has 0 aromatic heterocycles. The van der Waals surface area contributed by atoms with Gasteiger partial charge in [0.25, 0.3) is 5.91 Å². The Hall–Kier alpha value is -2.57. The van der Waals surface area contributed by atoms with Crippen LogP contribution in [0.5, 0.6) is 5.75 Å². The molecule has 0 unspecified atom stereocenters. The first kappa shape index (κ1) is 16.8. The highest BCUT2D eigenvalue weighted by Crippen LogP contribution is 2.31. The molecule has 0 fully saturated rings. The highest BCUT2D eigenvalue weighted by molar-refractivity contribution is 5.77. The number of hydrogen-bond acceptors (Lipinski definition) is 2.